The van der Waals surface area contributed by atoms with Gasteiger partial charge in [0.2, 0.25) is 0 Å². The van der Waals surface area contributed by atoms with Gasteiger partial charge < -0.3 is 9.53 Å². The molecular weight excluding hydrogens is 224 g/mol. The number of hydrogen-bond acceptors (Lipinski definition) is 2. The Morgan fingerprint density at radius 1 is 1.53 bits per heavy atom. The fourth-order valence-electron chi connectivity index (χ4n) is 0.394. The van der Waals surface area contributed by atoms with E-state index in [0.717, 1.165) is 16.8 Å². The van der Waals surface area contributed by atoms with Crippen LogP contribution in [-0.2, 0) is 9.22 Å². The van der Waals surface area contributed by atoms with Crippen molar-refractivity contribution in [2.45, 2.75) is 26.6 Å². The van der Waals surface area contributed by atoms with Gasteiger partial charge in [0.1, 0.15) is 0 Å². The van der Waals surface area contributed by atoms with Gasteiger partial charge >= 0.3 is 5.97 Å². The lowest BCUT2D eigenvalue weighted by Crippen LogP contribution is -2.25. The summed E-state index contributed by atoms with van der Waals surface area (Å²) < 4.78 is 5.54. The van der Waals surface area contributed by atoms with Crippen molar-refractivity contribution in [1.29, 1.82) is 0 Å². The highest BCUT2D eigenvalue weighted by Crippen LogP contribution is 2.01. The third kappa shape index (κ3) is 19.7. The first-order valence-corrected chi connectivity index (χ1v) is 9.41. The summed E-state index contributed by atoms with van der Waals surface area (Å²) in [7, 11) is -0.0853. The van der Waals surface area contributed by atoms with Crippen LogP contribution in [0.3, 0.4) is 0 Å². The van der Waals surface area contributed by atoms with Crippen LogP contribution >= 0.6 is 0 Å². The summed E-state index contributed by atoms with van der Waals surface area (Å²) in [5.74, 6) is -0.935. The second-order valence-corrected chi connectivity index (χ2v) is 9.26. The van der Waals surface area contributed by atoms with Gasteiger partial charge in [0, 0.05) is 15.8 Å². The molecule has 0 rings (SSSR count). The number of rotatable bonds is 4. The van der Waals surface area contributed by atoms with Crippen LogP contribution in [0.1, 0.15) is 6.92 Å². The summed E-state index contributed by atoms with van der Waals surface area (Å²) in [5.41, 5.74) is 2.33. The average Bonchev–Trinajstić information content (AvgIpc) is 2.03. The molecule has 0 radical (unpaired) electrons. The van der Waals surface area contributed by atoms with E-state index in [1.54, 1.807) is 0 Å². The Morgan fingerprint density at radius 2 is 1.93 bits per heavy atom. The Bertz CT molecular complexity index is 217. The third-order valence-corrected chi connectivity index (χ3v) is 2.72. The summed E-state index contributed by atoms with van der Waals surface area (Å²) in [6, 6.07) is 0. The van der Waals surface area contributed by atoms with E-state index in [1.807, 2.05) is 0 Å². The van der Waals surface area contributed by atoms with Crippen molar-refractivity contribution >= 4 is 24.5 Å². The van der Waals surface area contributed by atoms with Crippen molar-refractivity contribution in [3.8, 4) is 0 Å². The van der Waals surface area contributed by atoms with Gasteiger partial charge in [-0.2, -0.15) is 0 Å². The number of carbonyl (C=O) groups is 1. The van der Waals surface area contributed by atoms with Crippen molar-refractivity contribution in [2.24, 2.45) is 0 Å². The molecule has 0 aliphatic heterocycles. The van der Waals surface area contributed by atoms with Crippen LogP contribution in [-0.4, -0.2) is 36.2 Å². The van der Waals surface area contributed by atoms with Gasteiger partial charge in [0.15, 0.2) is 8.32 Å². The molecule has 0 saturated carbocycles. The van der Waals surface area contributed by atoms with Crippen LogP contribution in [0, 0.1) is 0 Å². The van der Waals surface area contributed by atoms with E-state index in [2.05, 4.69) is 38.0 Å². The molecule has 0 aromatic carbocycles. The van der Waals surface area contributed by atoms with Crippen LogP contribution in [0.2, 0.25) is 19.6 Å². The molecule has 0 spiro atoms. The maximum atomic E-state index is 9.60. The standard InChI is InChI=1S/C6H16OSi2.C4H6O2/c1-9(2,3)7-5-4-6-8;1-3(2)4(5)6/h4,6H,5H2,1-3,8H3;1H2,2H3,(H,5,6). The van der Waals surface area contributed by atoms with E-state index in [4.69, 9.17) is 9.53 Å². The highest BCUT2D eigenvalue weighted by molar-refractivity contribution is 6.69. The number of carboxylic acid groups (broad SMARTS) is 1. The predicted molar refractivity (Wildman–Crippen MR) is 70.8 cm³/mol. The molecule has 88 valence electrons. The fraction of sp³-hybridized carbons (Fsp3) is 0.500. The predicted octanol–water partition coefficient (Wildman–Crippen LogP) is 1.36. The Hall–Kier alpha value is -0.656. The van der Waals surface area contributed by atoms with Crippen LogP contribution < -0.4 is 0 Å². The molecule has 0 saturated heterocycles. The van der Waals surface area contributed by atoms with Gasteiger partial charge in [0.05, 0.1) is 6.61 Å². The first-order chi connectivity index (χ1) is 6.70. The maximum Gasteiger partial charge on any atom is 0.330 e. The molecule has 5 heteroatoms. The SMILES string of the molecule is C=C(C)C(=O)O.C[Si](C)(C)OCC=C[SiH3]. The Morgan fingerprint density at radius 3 is 2.13 bits per heavy atom. The lowest BCUT2D eigenvalue weighted by molar-refractivity contribution is -0.132. The summed E-state index contributed by atoms with van der Waals surface area (Å²) in [5, 5.41) is 7.89. The van der Waals surface area contributed by atoms with Crippen LogP contribution in [0.25, 0.3) is 0 Å². The number of aliphatic carboxylic acids is 1. The zero-order valence-corrected chi connectivity index (χ0v) is 13.3. The Kier molecular flexibility index (Phi) is 9.65. The van der Waals surface area contributed by atoms with Crippen molar-refractivity contribution < 1.29 is 14.3 Å². The van der Waals surface area contributed by atoms with Crippen LogP contribution in [0.15, 0.2) is 23.9 Å². The van der Waals surface area contributed by atoms with E-state index >= 15 is 0 Å². The minimum atomic E-state index is -1.23. The smallest absolute Gasteiger partial charge is 0.330 e. The van der Waals surface area contributed by atoms with E-state index in [9.17, 15) is 4.79 Å². The minimum absolute atomic E-state index is 0.176. The molecule has 0 aliphatic carbocycles. The molecule has 0 bridgehead atoms. The highest BCUT2D eigenvalue weighted by atomic mass is 28.4. The summed E-state index contributed by atoms with van der Waals surface area (Å²) in [6.45, 7) is 12.0. The van der Waals surface area contributed by atoms with Gasteiger partial charge in [-0.05, 0) is 26.6 Å². The summed E-state index contributed by atoms with van der Waals surface area (Å²) >= 11 is 0. The topological polar surface area (TPSA) is 46.5 Å². The maximum absolute atomic E-state index is 9.60. The van der Waals surface area contributed by atoms with Gasteiger partial charge in [-0.3, -0.25) is 0 Å². The van der Waals surface area contributed by atoms with E-state index < -0.39 is 14.3 Å². The molecule has 3 nitrogen and oxygen atoms in total. The quantitative estimate of drug-likeness (QED) is 0.602. The first-order valence-electron chi connectivity index (χ1n) is 4.84. The average molecular weight is 246 g/mol. The van der Waals surface area contributed by atoms with Crippen molar-refractivity contribution in [3.05, 3.63) is 23.9 Å². The van der Waals surface area contributed by atoms with Crippen LogP contribution in [0.4, 0.5) is 0 Å². The Labute approximate surface area is 96.4 Å². The molecular formula is C10H22O3Si2. The minimum Gasteiger partial charge on any atom is -0.478 e. The lowest BCUT2D eigenvalue weighted by atomic mass is 10.4. The van der Waals surface area contributed by atoms with Gasteiger partial charge in [-0.1, -0.05) is 12.7 Å². The summed E-state index contributed by atoms with van der Waals surface area (Å²) in [4.78, 5) is 9.60. The molecule has 0 aliphatic rings. The van der Waals surface area contributed by atoms with Crippen molar-refractivity contribution in [2.75, 3.05) is 6.61 Å². The molecule has 0 unspecified atom stereocenters. The molecule has 0 aromatic heterocycles. The molecule has 0 atom stereocenters. The highest BCUT2D eigenvalue weighted by Gasteiger charge is 2.11. The Balaban J connectivity index is 0. The molecule has 1 N–H and O–H groups in total. The zero-order valence-electron chi connectivity index (χ0n) is 10.3. The van der Waals surface area contributed by atoms with Crippen LogP contribution in [0.5, 0.6) is 0 Å². The zero-order chi connectivity index (χ0) is 12.5. The van der Waals surface area contributed by atoms with E-state index in [1.165, 1.54) is 6.92 Å². The second kappa shape index (κ2) is 8.64. The third-order valence-electron chi connectivity index (χ3n) is 1.21. The fourth-order valence-corrected chi connectivity index (χ4v) is 1.18. The number of hydrogen-bond donors (Lipinski definition) is 1. The van der Waals surface area contributed by atoms with E-state index in [0.29, 0.717) is 0 Å². The van der Waals surface area contributed by atoms with Crippen molar-refractivity contribution in [1.82, 2.24) is 0 Å². The normalized spacial score (nSPS) is 10.9. The van der Waals surface area contributed by atoms with E-state index in [-0.39, 0.29) is 5.57 Å². The second-order valence-electron chi connectivity index (χ2n) is 4.08. The van der Waals surface area contributed by atoms with Gasteiger partial charge in [-0.15, -0.1) is 5.70 Å². The summed E-state index contributed by atoms with van der Waals surface area (Å²) in [6.07, 6.45) is 2.10. The molecule has 0 amide bonds. The number of carboxylic acids is 1. The largest absolute Gasteiger partial charge is 0.478 e. The first kappa shape index (κ1) is 16.8. The molecule has 0 aromatic rings. The van der Waals surface area contributed by atoms with Gasteiger partial charge in [0.25, 0.3) is 0 Å². The van der Waals surface area contributed by atoms with Crippen molar-refractivity contribution in [3.63, 3.8) is 0 Å². The molecule has 0 heterocycles. The monoisotopic (exact) mass is 246 g/mol. The van der Waals surface area contributed by atoms with Gasteiger partial charge in [-0.25, -0.2) is 4.79 Å². The molecule has 0 fully saturated rings. The molecule has 15 heavy (non-hydrogen) atoms. The lowest BCUT2D eigenvalue weighted by Gasteiger charge is -2.14.